The van der Waals surface area contributed by atoms with Crippen molar-refractivity contribution < 1.29 is 4.74 Å². The minimum atomic E-state index is 0.131. The van der Waals surface area contributed by atoms with Gasteiger partial charge in [-0.05, 0) is 31.9 Å². The van der Waals surface area contributed by atoms with E-state index in [4.69, 9.17) is 10.5 Å². The molecule has 0 aromatic carbocycles. The number of hydrogen-bond donors (Lipinski definition) is 2. The van der Waals surface area contributed by atoms with Gasteiger partial charge >= 0.3 is 0 Å². The number of aromatic nitrogens is 1. The zero-order valence-corrected chi connectivity index (χ0v) is 10.4. The molecule has 2 rings (SSSR count). The fourth-order valence-corrected chi connectivity index (χ4v) is 2.15. The quantitative estimate of drug-likeness (QED) is 0.827. The van der Waals surface area contributed by atoms with Crippen LogP contribution >= 0.6 is 0 Å². The number of ether oxygens (including phenoxy) is 1. The average Bonchev–Trinajstić information content (AvgIpc) is 2.32. The van der Waals surface area contributed by atoms with Crippen molar-refractivity contribution in [2.45, 2.75) is 31.7 Å². The molecule has 4 heteroatoms. The summed E-state index contributed by atoms with van der Waals surface area (Å²) in [5, 5.41) is 3.56. The molecule has 0 saturated carbocycles. The lowest BCUT2D eigenvalue weighted by Crippen LogP contribution is -2.49. The monoisotopic (exact) mass is 235 g/mol. The van der Waals surface area contributed by atoms with Gasteiger partial charge in [-0.25, -0.2) is 0 Å². The number of nitrogens with zero attached hydrogens (tertiary/aromatic N) is 1. The number of nitrogen functional groups attached to an aromatic ring is 1. The summed E-state index contributed by atoms with van der Waals surface area (Å²) in [6, 6.07) is 3.88. The first-order valence-corrected chi connectivity index (χ1v) is 6.21. The largest absolute Gasteiger partial charge is 0.397 e. The Labute approximate surface area is 103 Å². The van der Waals surface area contributed by atoms with Crippen LogP contribution in [0.5, 0.6) is 0 Å². The molecule has 2 heterocycles. The smallest absolute Gasteiger partial charge is 0.0645 e. The maximum atomic E-state index is 5.60. The van der Waals surface area contributed by atoms with E-state index in [2.05, 4.69) is 17.2 Å². The van der Waals surface area contributed by atoms with E-state index in [0.29, 0.717) is 5.69 Å². The van der Waals surface area contributed by atoms with Crippen molar-refractivity contribution in [3.05, 3.63) is 24.0 Å². The first kappa shape index (κ1) is 12.3. The molecule has 1 aromatic heterocycles. The van der Waals surface area contributed by atoms with Crippen LogP contribution in [0.1, 0.15) is 25.5 Å². The molecule has 1 atom stereocenters. The van der Waals surface area contributed by atoms with E-state index < -0.39 is 0 Å². The van der Waals surface area contributed by atoms with Gasteiger partial charge in [0.2, 0.25) is 0 Å². The first-order chi connectivity index (χ1) is 8.18. The SMILES string of the molecule is CC1(NCCc2ccc(N)cn2)CCCOC1. The summed E-state index contributed by atoms with van der Waals surface area (Å²) in [7, 11) is 0. The van der Waals surface area contributed by atoms with E-state index in [1.165, 1.54) is 6.42 Å². The third kappa shape index (κ3) is 3.68. The zero-order valence-electron chi connectivity index (χ0n) is 10.4. The van der Waals surface area contributed by atoms with Crippen molar-refractivity contribution in [1.29, 1.82) is 0 Å². The molecule has 0 bridgehead atoms. The predicted octanol–water partition coefficient (Wildman–Crippen LogP) is 1.36. The Balaban J connectivity index is 1.77. The minimum absolute atomic E-state index is 0.131. The second kappa shape index (κ2) is 5.47. The van der Waals surface area contributed by atoms with Crippen LogP contribution < -0.4 is 11.1 Å². The first-order valence-electron chi connectivity index (χ1n) is 6.21. The van der Waals surface area contributed by atoms with E-state index in [1.807, 2.05) is 12.1 Å². The van der Waals surface area contributed by atoms with E-state index in [9.17, 15) is 0 Å². The Kier molecular flexibility index (Phi) is 3.97. The lowest BCUT2D eigenvalue weighted by molar-refractivity contribution is 0.0289. The van der Waals surface area contributed by atoms with Crippen LogP contribution in [0.4, 0.5) is 5.69 Å². The molecule has 94 valence electrons. The summed E-state index contributed by atoms with van der Waals surface area (Å²) in [6.45, 7) is 4.86. The van der Waals surface area contributed by atoms with Gasteiger partial charge in [0.25, 0.3) is 0 Å². The lowest BCUT2D eigenvalue weighted by atomic mass is 9.95. The molecular formula is C13H21N3O. The fourth-order valence-electron chi connectivity index (χ4n) is 2.15. The molecule has 3 N–H and O–H groups in total. The van der Waals surface area contributed by atoms with Gasteiger partial charge in [0, 0.05) is 30.8 Å². The second-order valence-corrected chi connectivity index (χ2v) is 4.98. The van der Waals surface area contributed by atoms with Crippen molar-refractivity contribution in [2.24, 2.45) is 0 Å². The van der Waals surface area contributed by atoms with Crippen molar-refractivity contribution in [3.8, 4) is 0 Å². The van der Waals surface area contributed by atoms with Crippen LogP contribution in [0.3, 0.4) is 0 Å². The van der Waals surface area contributed by atoms with Crippen molar-refractivity contribution >= 4 is 5.69 Å². The number of nitrogens with one attached hydrogen (secondary N) is 1. The topological polar surface area (TPSA) is 60.2 Å². The average molecular weight is 235 g/mol. The van der Waals surface area contributed by atoms with Gasteiger partial charge in [-0.1, -0.05) is 0 Å². The number of hydrogen-bond acceptors (Lipinski definition) is 4. The molecule has 0 spiro atoms. The summed E-state index contributed by atoms with van der Waals surface area (Å²) < 4.78 is 5.51. The van der Waals surface area contributed by atoms with Gasteiger partial charge in [-0.2, -0.15) is 0 Å². The van der Waals surface area contributed by atoms with Crippen LogP contribution in [0.25, 0.3) is 0 Å². The molecule has 1 saturated heterocycles. The number of rotatable bonds is 4. The highest BCUT2D eigenvalue weighted by atomic mass is 16.5. The van der Waals surface area contributed by atoms with E-state index >= 15 is 0 Å². The van der Waals surface area contributed by atoms with Gasteiger partial charge in [0.05, 0.1) is 18.5 Å². The molecule has 4 nitrogen and oxygen atoms in total. The molecule has 1 aliphatic heterocycles. The van der Waals surface area contributed by atoms with Crippen LogP contribution in [-0.4, -0.2) is 30.3 Å². The maximum Gasteiger partial charge on any atom is 0.0645 e. The summed E-state index contributed by atoms with van der Waals surface area (Å²) >= 11 is 0. The van der Waals surface area contributed by atoms with Crippen LogP contribution in [0.15, 0.2) is 18.3 Å². The Hall–Kier alpha value is -1.13. The molecule has 0 aliphatic carbocycles. The molecule has 17 heavy (non-hydrogen) atoms. The Morgan fingerprint density at radius 3 is 3.06 bits per heavy atom. The van der Waals surface area contributed by atoms with Gasteiger partial charge in [-0.15, -0.1) is 0 Å². The Morgan fingerprint density at radius 2 is 2.41 bits per heavy atom. The molecule has 1 unspecified atom stereocenters. The molecule has 1 aliphatic rings. The van der Waals surface area contributed by atoms with Crippen LogP contribution in [-0.2, 0) is 11.2 Å². The second-order valence-electron chi connectivity index (χ2n) is 4.98. The summed E-state index contributed by atoms with van der Waals surface area (Å²) in [4.78, 5) is 4.29. The normalized spacial score (nSPS) is 24.8. The highest BCUT2D eigenvalue weighted by Gasteiger charge is 2.26. The standard InChI is InChI=1S/C13H21N3O/c1-13(6-2-8-17-10-13)16-7-5-12-4-3-11(14)9-15-12/h3-4,9,16H,2,5-8,10,14H2,1H3. The molecule has 0 radical (unpaired) electrons. The Morgan fingerprint density at radius 1 is 1.53 bits per heavy atom. The third-order valence-corrected chi connectivity index (χ3v) is 3.22. The maximum absolute atomic E-state index is 5.60. The van der Waals surface area contributed by atoms with Gasteiger partial charge < -0.3 is 15.8 Å². The predicted molar refractivity (Wildman–Crippen MR) is 68.8 cm³/mol. The number of pyridine rings is 1. The van der Waals surface area contributed by atoms with Crippen molar-refractivity contribution in [3.63, 3.8) is 0 Å². The van der Waals surface area contributed by atoms with E-state index in [1.54, 1.807) is 6.20 Å². The minimum Gasteiger partial charge on any atom is -0.397 e. The highest BCUT2D eigenvalue weighted by molar-refractivity contribution is 5.34. The van der Waals surface area contributed by atoms with Crippen molar-refractivity contribution in [1.82, 2.24) is 10.3 Å². The van der Waals surface area contributed by atoms with Crippen molar-refractivity contribution in [2.75, 3.05) is 25.5 Å². The zero-order chi connectivity index (χ0) is 12.1. The summed E-state index contributed by atoms with van der Waals surface area (Å²) in [5.74, 6) is 0. The van der Waals surface area contributed by atoms with Gasteiger partial charge in [-0.3, -0.25) is 4.98 Å². The summed E-state index contributed by atoms with van der Waals surface area (Å²) in [6.07, 6.45) is 4.96. The Bertz CT molecular complexity index is 344. The fraction of sp³-hybridized carbons (Fsp3) is 0.615. The molecular weight excluding hydrogens is 214 g/mol. The van der Waals surface area contributed by atoms with Crippen LogP contribution in [0.2, 0.25) is 0 Å². The van der Waals surface area contributed by atoms with Crippen LogP contribution in [0, 0.1) is 0 Å². The molecule has 1 aromatic rings. The molecule has 0 amide bonds. The lowest BCUT2D eigenvalue weighted by Gasteiger charge is -2.34. The number of nitrogens with two attached hydrogens (primary N) is 1. The van der Waals surface area contributed by atoms with E-state index in [0.717, 1.165) is 38.3 Å². The number of anilines is 1. The van der Waals surface area contributed by atoms with E-state index in [-0.39, 0.29) is 5.54 Å². The molecule has 1 fully saturated rings. The third-order valence-electron chi connectivity index (χ3n) is 3.22. The highest BCUT2D eigenvalue weighted by Crippen LogP contribution is 2.17. The van der Waals surface area contributed by atoms with Gasteiger partial charge in [0.1, 0.15) is 0 Å². The van der Waals surface area contributed by atoms with Gasteiger partial charge in [0.15, 0.2) is 0 Å². The summed E-state index contributed by atoms with van der Waals surface area (Å²) in [5.41, 5.74) is 7.52.